The molecule has 0 fully saturated rings. The molecule has 1 aromatic heterocycles. The van der Waals surface area contributed by atoms with Gasteiger partial charge in [-0.1, -0.05) is 49.8 Å². The van der Waals surface area contributed by atoms with Crippen LogP contribution >= 0.6 is 0 Å². The average molecular weight is 341 g/mol. The van der Waals surface area contributed by atoms with Gasteiger partial charge in [0.15, 0.2) is 5.69 Å². The molecule has 3 rings (SSSR count). The van der Waals surface area contributed by atoms with Crippen LogP contribution in [0.15, 0.2) is 42.0 Å². The SMILES string of the molecule is CC.CC1=C(c2cc(C(=O)O)nn2C)CN(Cc2ccccc2)CC1. The van der Waals surface area contributed by atoms with E-state index in [0.29, 0.717) is 0 Å². The first-order valence-corrected chi connectivity index (χ1v) is 8.77. The third-order valence-electron chi connectivity index (χ3n) is 4.36. The quantitative estimate of drug-likeness (QED) is 0.918. The lowest BCUT2D eigenvalue weighted by Gasteiger charge is -2.30. The average Bonchev–Trinajstić information content (AvgIpc) is 3.01. The predicted octanol–water partition coefficient (Wildman–Crippen LogP) is 3.82. The van der Waals surface area contributed by atoms with Crippen molar-refractivity contribution in [2.75, 3.05) is 13.1 Å². The van der Waals surface area contributed by atoms with Crippen molar-refractivity contribution >= 4 is 11.5 Å². The Morgan fingerprint density at radius 2 is 1.92 bits per heavy atom. The molecule has 1 aromatic carbocycles. The summed E-state index contributed by atoms with van der Waals surface area (Å²) in [5, 5.41) is 13.2. The minimum Gasteiger partial charge on any atom is -0.476 e. The van der Waals surface area contributed by atoms with Crippen LogP contribution in [0.25, 0.3) is 5.57 Å². The van der Waals surface area contributed by atoms with E-state index in [4.69, 9.17) is 5.11 Å². The normalized spacial score (nSPS) is 14.9. The Bertz CT molecular complexity index is 748. The highest BCUT2D eigenvalue weighted by Crippen LogP contribution is 2.27. The number of aromatic carboxylic acids is 1. The third kappa shape index (κ3) is 4.57. The molecule has 5 heteroatoms. The Morgan fingerprint density at radius 1 is 1.24 bits per heavy atom. The van der Waals surface area contributed by atoms with Crippen LogP contribution in [-0.2, 0) is 13.6 Å². The van der Waals surface area contributed by atoms with Gasteiger partial charge in [-0.05, 0) is 30.5 Å². The van der Waals surface area contributed by atoms with E-state index in [1.54, 1.807) is 17.8 Å². The molecule has 0 atom stereocenters. The van der Waals surface area contributed by atoms with Gasteiger partial charge < -0.3 is 5.11 Å². The van der Waals surface area contributed by atoms with Crippen LogP contribution in [0.2, 0.25) is 0 Å². The molecule has 1 N–H and O–H groups in total. The summed E-state index contributed by atoms with van der Waals surface area (Å²) < 4.78 is 1.67. The third-order valence-corrected chi connectivity index (χ3v) is 4.36. The van der Waals surface area contributed by atoms with E-state index in [9.17, 15) is 4.79 Å². The van der Waals surface area contributed by atoms with E-state index in [0.717, 1.165) is 31.7 Å². The van der Waals surface area contributed by atoms with Crippen LogP contribution in [0.4, 0.5) is 0 Å². The van der Waals surface area contributed by atoms with E-state index in [-0.39, 0.29) is 5.69 Å². The second-order valence-electron chi connectivity index (χ2n) is 6.05. The zero-order valence-corrected chi connectivity index (χ0v) is 15.5. The van der Waals surface area contributed by atoms with Crippen molar-refractivity contribution in [1.82, 2.24) is 14.7 Å². The highest BCUT2D eigenvalue weighted by Gasteiger charge is 2.22. The molecule has 0 radical (unpaired) electrons. The zero-order valence-electron chi connectivity index (χ0n) is 15.5. The molecular weight excluding hydrogens is 314 g/mol. The van der Waals surface area contributed by atoms with Gasteiger partial charge in [-0.25, -0.2) is 4.79 Å². The Morgan fingerprint density at radius 3 is 2.52 bits per heavy atom. The molecule has 0 aliphatic carbocycles. The van der Waals surface area contributed by atoms with Crippen LogP contribution in [0.3, 0.4) is 0 Å². The molecule has 0 saturated heterocycles. The van der Waals surface area contributed by atoms with Crippen LogP contribution in [0.1, 0.15) is 48.9 Å². The summed E-state index contributed by atoms with van der Waals surface area (Å²) in [4.78, 5) is 13.5. The molecular formula is C20H27N3O2. The summed E-state index contributed by atoms with van der Waals surface area (Å²) in [5.74, 6) is -0.984. The molecule has 134 valence electrons. The Balaban J connectivity index is 0.00000109. The number of rotatable bonds is 4. The van der Waals surface area contributed by atoms with E-state index in [1.165, 1.54) is 16.7 Å². The molecule has 2 aromatic rings. The molecule has 1 aliphatic heterocycles. The van der Waals surface area contributed by atoms with Crippen LogP contribution in [0.5, 0.6) is 0 Å². The van der Waals surface area contributed by atoms with E-state index in [1.807, 2.05) is 19.9 Å². The van der Waals surface area contributed by atoms with Gasteiger partial charge >= 0.3 is 5.97 Å². The summed E-state index contributed by atoms with van der Waals surface area (Å²) in [6.07, 6.45) is 0.996. The summed E-state index contributed by atoms with van der Waals surface area (Å²) in [6, 6.07) is 12.1. The highest BCUT2D eigenvalue weighted by molar-refractivity contribution is 5.86. The first-order valence-electron chi connectivity index (χ1n) is 8.77. The number of carboxylic acid groups (broad SMARTS) is 1. The van der Waals surface area contributed by atoms with Crippen molar-refractivity contribution in [2.45, 2.75) is 33.7 Å². The lowest BCUT2D eigenvalue weighted by atomic mass is 9.98. The van der Waals surface area contributed by atoms with Crippen LogP contribution in [0, 0.1) is 0 Å². The zero-order chi connectivity index (χ0) is 18.4. The maximum absolute atomic E-state index is 11.1. The van der Waals surface area contributed by atoms with E-state index < -0.39 is 5.97 Å². The molecule has 2 heterocycles. The summed E-state index contributed by atoms with van der Waals surface area (Å²) in [6.45, 7) is 8.87. The first kappa shape index (κ1) is 18.9. The molecule has 5 nitrogen and oxygen atoms in total. The first-order chi connectivity index (χ1) is 12.0. The summed E-state index contributed by atoms with van der Waals surface area (Å²) >= 11 is 0. The fraction of sp³-hybridized carbons (Fsp3) is 0.400. The minimum absolute atomic E-state index is 0.1000. The summed E-state index contributed by atoms with van der Waals surface area (Å²) in [5.41, 5.74) is 4.80. The van der Waals surface area contributed by atoms with Gasteiger partial charge in [0.1, 0.15) is 0 Å². The molecule has 0 amide bonds. The van der Waals surface area contributed by atoms with Gasteiger partial charge in [0, 0.05) is 26.7 Å². The van der Waals surface area contributed by atoms with Crippen molar-refractivity contribution in [3.05, 3.63) is 58.9 Å². The Kier molecular flexibility index (Phi) is 6.53. The van der Waals surface area contributed by atoms with E-state index in [2.05, 4.69) is 41.2 Å². The van der Waals surface area contributed by atoms with Crippen molar-refractivity contribution in [3.63, 3.8) is 0 Å². The molecule has 25 heavy (non-hydrogen) atoms. The summed E-state index contributed by atoms with van der Waals surface area (Å²) in [7, 11) is 1.80. The number of carbonyl (C=O) groups is 1. The number of aryl methyl sites for hydroxylation is 1. The second kappa shape index (κ2) is 8.62. The number of benzene rings is 1. The Labute approximate surface area is 149 Å². The predicted molar refractivity (Wildman–Crippen MR) is 100 cm³/mol. The van der Waals surface area contributed by atoms with Gasteiger partial charge in [-0.2, -0.15) is 5.10 Å². The number of aromatic nitrogens is 2. The van der Waals surface area contributed by atoms with Gasteiger partial charge in [0.05, 0.1) is 5.69 Å². The van der Waals surface area contributed by atoms with Gasteiger partial charge in [0.2, 0.25) is 0 Å². The highest BCUT2D eigenvalue weighted by atomic mass is 16.4. The monoisotopic (exact) mass is 341 g/mol. The largest absolute Gasteiger partial charge is 0.476 e. The number of nitrogens with zero attached hydrogens (tertiary/aromatic N) is 3. The van der Waals surface area contributed by atoms with Gasteiger partial charge in [-0.15, -0.1) is 0 Å². The number of hydrogen-bond acceptors (Lipinski definition) is 3. The maximum Gasteiger partial charge on any atom is 0.356 e. The fourth-order valence-corrected chi connectivity index (χ4v) is 3.04. The van der Waals surface area contributed by atoms with Gasteiger partial charge in [0.25, 0.3) is 0 Å². The fourth-order valence-electron chi connectivity index (χ4n) is 3.04. The smallest absolute Gasteiger partial charge is 0.356 e. The topological polar surface area (TPSA) is 58.4 Å². The second-order valence-corrected chi connectivity index (χ2v) is 6.05. The molecule has 0 unspecified atom stereocenters. The molecule has 1 aliphatic rings. The van der Waals surface area contributed by atoms with Crippen molar-refractivity contribution < 1.29 is 9.90 Å². The van der Waals surface area contributed by atoms with Crippen LogP contribution in [-0.4, -0.2) is 38.8 Å². The van der Waals surface area contributed by atoms with Crippen molar-refractivity contribution in [2.24, 2.45) is 7.05 Å². The number of hydrogen-bond donors (Lipinski definition) is 1. The lowest BCUT2D eigenvalue weighted by Crippen LogP contribution is -2.31. The molecule has 0 bridgehead atoms. The van der Waals surface area contributed by atoms with Crippen LogP contribution < -0.4 is 0 Å². The maximum atomic E-state index is 11.1. The van der Waals surface area contributed by atoms with Crippen molar-refractivity contribution in [1.29, 1.82) is 0 Å². The number of carboxylic acids is 1. The Hall–Kier alpha value is -2.40. The van der Waals surface area contributed by atoms with Crippen molar-refractivity contribution in [3.8, 4) is 0 Å². The lowest BCUT2D eigenvalue weighted by molar-refractivity contribution is 0.0689. The van der Waals surface area contributed by atoms with E-state index >= 15 is 0 Å². The molecule has 0 saturated carbocycles. The minimum atomic E-state index is -0.984. The standard InChI is InChI=1S/C18H21N3O2.C2H6/c1-13-8-9-21(11-14-6-4-3-5-7-14)12-15(13)17-10-16(18(22)23)19-20(17)2;1-2/h3-7,10H,8-9,11-12H2,1-2H3,(H,22,23);1-2H3. The molecule has 0 spiro atoms. The van der Waals surface area contributed by atoms with Gasteiger partial charge in [-0.3, -0.25) is 9.58 Å².